The molecule has 0 fully saturated rings. The van der Waals surface area contributed by atoms with Crippen LogP contribution < -0.4 is 5.32 Å². The molecule has 2 bridgehead atoms. The fraction of sp³-hybridized carbons (Fsp3) is 0.393. The van der Waals surface area contributed by atoms with Gasteiger partial charge in [-0.25, -0.2) is 0 Å². The number of hydrogen-bond acceptors (Lipinski definition) is 8. The van der Waals surface area contributed by atoms with E-state index in [4.69, 9.17) is 4.74 Å². The molecule has 0 saturated carbocycles. The van der Waals surface area contributed by atoms with Crippen LogP contribution in [0.3, 0.4) is 0 Å². The molecule has 2 unspecified atom stereocenters. The average Bonchev–Trinajstić information content (AvgIpc) is 2.98. The molecule has 0 saturated heterocycles. The number of benzene rings is 1. The van der Waals surface area contributed by atoms with Gasteiger partial charge in [0.1, 0.15) is 17.3 Å². The second-order valence-electron chi connectivity index (χ2n) is 9.90. The van der Waals surface area contributed by atoms with Gasteiger partial charge < -0.3 is 20.3 Å². The second kappa shape index (κ2) is 9.55. The number of phenols is 1. The minimum Gasteiger partial charge on any atom is -0.507 e. The lowest BCUT2D eigenvalue weighted by Gasteiger charge is -2.32. The van der Waals surface area contributed by atoms with E-state index in [1.54, 1.807) is 6.08 Å². The lowest BCUT2D eigenvalue weighted by Crippen LogP contribution is -2.42. The normalized spacial score (nSPS) is 27.8. The molecule has 1 amide bonds. The van der Waals surface area contributed by atoms with Crippen LogP contribution >= 0.6 is 0 Å². The Balaban J connectivity index is 2.04. The zero-order valence-electron chi connectivity index (χ0n) is 21.1. The molecule has 9 heteroatoms. The third-order valence-corrected chi connectivity index (χ3v) is 7.26. The third kappa shape index (κ3) is 4.33. The zero-order valence-corrected chi connectivity index (χ0v) is 21.1. The lowest BCUT2D eigenvalue weighted by molar-refractivity contribution is -0.157. The fourth-order valence-electron chi connectivity index (χ4n) is 4.94. The first kappa shape index (κ1) is 26.2. The number of amides is 1. The van der Waals surface area contributed by atoms with Gasteiger partial charge in [0.2, 0.25) is 11.7 Å². The topological polar surface area (TPSA) is 147 Å². The maximum Gasteiger partial charge on any atom is 0.321 e. The number of phenolic OH excluding ortho intramolecular Hbond substituents is 1. The van der Waals surface area contributed by atoms with E-state index in [0.29, 0.717) is 12.8 Å². The largest absolute Gasteiger partial charge is 0.507 e. The summed E-state index contributed by atoms with van der Waals surface area (Å²) in [6, 6.07) is 1.30. The van der Waals surface area contributed by atoms with Crippen LogP contribution in [0, 0.1) is 18.3 Å². The van der Waals surface area contributed by atoms with Crippen molar-refractivity contribution in [2.75, 3.05) is 0 Å². The first-order valence-electron chi connectivity index (χ1n) is 12.2. The molecule has 3 aliphatic rings. The zero-order chi connectivity index (χ0) is 27.2. The number of allylic oxidation sites excluding steroid dienone is 2. The van der Waals surface area contributed by atoms with Crippen molar-refractivity contribution >= 4 is 29.2 Å². The SMILES string of the molecule is CCC1/C=C\[C@H](C(C)O)OC(=O)[C@@]2(C)C=CC(=O)NC3=C2C(=O)c2c(cc(C)c(O)c2C(=O)CC1)C3=O. The van der Waals surface area contributed by atoms with Crippen molar-refractivity contribution in [2.45, 2.75) is 59.2 Å². The number of ether oxygens (including phenoxy) is 1. The molecule has 4 atom stereocenters. The van der Waals surface area contributed by atoms with E-state index < -0.39 is 58.3 Å². The van der Waals surface area contributed by atoms with E-state index >= 15 is 0 Å². The molecular weight excluding hydrogens is 478 g/mol. The van der Waals surface area contributed by atoms with Gasteiger partial charge in [-0.2, -0.15) is 0 Å². The molecule has 0 spiro atoms. The highest BCUT2D eigenvalue weighted by Gasteiger charge is 2.50. The first-order valence-corrected chi connectivity index (χ1v) is 12.2. The third-order valence-electron chi connectivity index (χ3n) is 7.26. The van der Waals surface area contributed by atoms with E-state index in [0.717, 1.165) is 6.08 Å². The Morgan fingerprint density at radius 1 is 1.14 bits per heavy atom. The van der Waals surface area contributed by atoms with E-state index in [1.807, 2.05) is 6.92 Å². The number of hydrogen-bond donors (Lipinski definition) is 3. The maximum atomic E-state index is 14.1. The number of aliphatic hydroxyl groups excluding tert-OH is 1. The summed E-state index contributed by atoms with van der Waals surface area (Å²) in [4.78, 5) is 67.2. The maximum absolute atomic E-state index is 14.1. The van der Waals surface area contributed by atoms with E-state index in [-0.39, 0.29) is 40.2 Å². The van der Waals surface area contributed by atoms with E-state index in [2.05, 4.69) is 5.32 Å². The monoisotopic (exact) mass is 507 g/mol. The average molecular weight is 508 g/mol. The fourth-order valence-corrected chi connectivity index (χ4v) is 4.94. The van der Waals surface area contributed by atoms with Crippen LogP contribution in [0.5, 0.6) is 5.75 Å². The van der Waals surface area contributed by atoms with Crippen molar-refractivity contribution in [1.82, 2.24) is 5.32 Å². The predicted molar refractivity (Wildman–Crippen MR) is 132 cm³/mol. The highest BCUT2D eigenvalue weighted by atomic mass is 16.6. The Morgan fingerprint density at radius 2 is 1.84 bits per heavy atom. The molecule has 3 N–H and O–H groups in total. The van der Waals surface area contributed by atoms with Gasteiger partial charge in [0.15, 0.2) is 11.6 Å². The number of carbonyl (C=O) groups excluding carboxylic acids is 5. The Labute approximate surface area is 213 Å². The molecule has 1 aromatic carbocycles. The quantitative estimate of drug-likeness (QED) is 0.409. The molecule has 2 heterocycles. The van der Waals surface area contributed by atoms with Crippen LogP contribution in [0.1, 0.15) is 76.7 Å². The molecule has 1 aromatic rings. The Hall–Kier alpha value is -3.85. The van der Waals surface area contributed by atoms with Crippen LogP contribution in [-0.2, 0) is 14.3 Å². The Kier molecular flexibility index (Phi) is 6.77. The number of aromatic hydroxyl groups is 1. The summed E-state index contributed by atoms with van der Waals surface area (Å²) < 4.78 is 5.64. The van der Waals surface area contributed by atoms with Crippen LogP contribution in [0.15, 0.2) is 41.6 Å². The number of aryl methyl sites for hydroxylation is 1. The summed E-state index contributed by atoms with van der Waals surface area (Å²) in [5, 5.41) is 23.6. The molecule has 9 nitrogen and oxygen atoms in total. The number of aliphatic hydroxyl groups is 1. The number of carbonyl (C=O) groups is 5. The smallest absolute Gasteiger partial charge is 0.321 e. The number of ketones is 3. The Morgan fingerprint density at radius 3 is 2.49 bits per heavy atom. The molecule has 1 aliphatic carbocycles. The van der Waals surface area contributed by atoms with Crippen molar-refractivity contribution in [2.24, 2.45) is 11.3 Å². The second-order valence-corrected chi connectivity index (χ2v) is 9.90. The van der Waals surface area contributed by atoms with Gasteiger partial charge in [0.05, 0.1) is 17.4 Å². The predicted octanol–water partition coefficient (Wildman–Crippen LogP) is 2.88. The molecule has 0 radical (unpaired) electrons. The van der Waals surface area contributed by atoms with Gasteiger partial charge in [-0.1, -0.05) is 19.1 Å². The molecule has 194 valence electrons. The van der Waals surface area contributed by atoms with Crippen molar-refractivity contribution in [3.63, 3.8) is 0 Å². The number of cyclic esters (lactones) is 1. The highest BCUT2D eigenvalue weighted by molar-refractivity contribution is 6.32. The minimum atomic E-state index is -1.92. The summed E-state index contributed by atoms with van der Waals surface area (Å²) in [6.45, 7) is 6.20. The van der Waals surface area contributed by atoms with Gasteiger partial charge in [0.25, 0.3) is 0 Å². The minimum absolute atomic E-state index is 0.0211. The lowest BCUT2D eigenvalue weighted by atomic mass is 9.71. The van der Waals surface area contributed by atoms with Crippen molar-refractivity contribution in [1.29, 1.82) is 0 Å². The summed E-state index contributed by atoms with van der Waals surface area (Å²) >= 11 is 0. The highest BCUT2D eigenvalue weighted by Crippen LogP contribution is 2.44. The van der Waals surface area contributed by atoms with Crippen LogP contribution in [0.2, 0.25) is 0 Å². The molecule has 37 heavy (non-hydrogen) atoms. The van der Waals surface area contributed by atoms with Crippen molar-refractivity contribution in [3.05, 3.63) is 63.9 Å². The van der Waals surface area contributed by atoms with E-state index in [9.17, 15) is 34.2 Å². The van der Waals surface area contributed by atoms with Crippen LogP contribution in [-0.4, -0.2) is 51.6 Å². The first-order chi connectivity index (χ1) is 17.4. The van der Waals surface area contributed by atoms with Crippen molar-refractivity contribution in [3.8, 4) is 5.75 Å². The van der Waals surface area contributed by atoms with Gasteiger partial charge in [-0.05, 0) is 57.2 Å². The number of nitrogens with one attached hydrogen (secondary N) is 1. The summed E-state index contributed by atoms with van der Waals surface area (Å²) in [6.07, 6.45) is 4.31. The number of esters is 1. The molecule has 4 rings (SSSR count). The van der Waals surface area contributed by atoms with Gasteiger partial charge in [-0.15, -0.1) is 0 Å². The number of Topliss-reactive ketones (excluding diaryl/α,β-unsaturated/α-hetero) is 3. The van der Waals surface area contributed by atoms with E-state index in [1.165, 1.54) is 39.0 Å². The van der Waals surface area contributed by atoms with Crippen LogP contribution in [0.25, 0.3) is 0 Å². The summed E-state index contributed by atoms with van der Waals surface area (Å²) in [7, 11) is 0. The Bertz CT molecular complexity index is 1330. The van der Waals surface area contributed by atoms with Gasteiger partial charge >= 0.3 is 5.97 Å². The van der Waals surface area contributed by atoms with Crippen LogP contribution in [0.4, 0.5) is 0 Å². The summed E-state index contributed by atoms with van der Waals surface area (Å²) in [5.41, 5.74) is -3.17. The number of rotatable bonds is 2. The summed E-state index contributed by atoms with van der Waals surface area (Å²) in [5.74, 6) is -4.35. The standard InChI is InChI=1S/C28H29NO8/c1-5-15-6-8-17(31)21-20-16(12-13(2)24(21)33)25(34)23-22(26(20)35)28(4,11-10-19(32)29-23)27(36)37-18(9-7-15)14(3)30/h7,9-12,14-15,18,30,33H,5-6,8H2,1-4H3,(H,29,32)/b9-7-/t14?,15?,18-,28+/m1/s1. The molecule has 0 aromatic heterocycles. The van der Waals surface area contributed by atoms with Crippen molar-refractivity contribution < 1.29 is 38.9 Å². The molecule has 2 aliphatic heterocycles. The van der Waals surface area contributed by atoms with Gasteiger partial charge in [0, 0.05) is 29.2 Å². The molecular formula is C28H29NO8. The van der Waals surface area contributed by atoms with Gasteiger partial charge in [-0.3, -0.25) is 24.0 Å².